The van der Waals surface area contributed by atoms with E-state index < -0.39 is 30.9 Å². The largest absolute Gasteiger partial charge is 0.495 e. The molecule has 2 fully saturated rings. The number of halogens is 3. The molecule has 158 valence electrons. The molecule has 1 aliphatic heterocycles. The summed E-state index contributed by atoms with van der Waals surface area (Å²) in [6, 6.07) is 1.40. The molecule has 2 atom stereocenters. The van der Waals surface area contributed by atoms with Crippen LogP contribution in [0.3, 0.4) is 0 Å². The number of rotatable bonds is 5. The van der Waals surface area contributed by atoms with Gasteiger partial charge in [-0.1, -0.05) is 0 Å². The van der Waals surface area contributed by atoms with Gasteiger partial charge in [-0.05, 0) is 25.8 Å². The molecular formula is C20H21F3N6O. The average molecular weight is 421 g/mol. The van der Waals surface area contributed by atoms with Crippen molar-refractivity contribution in [2.75, 3.05) is 25.4 Å². The predicted molar refractivity (Wildman–Crippen MR) is 104 cm³/mol. The Hall–Kier alpha value is -2.88. The zero-order valence-corrected chi connectivity index (χ0v) is 15.8. The molecule has 2 N–H and O–H groups in total. The Morgan fingerprint density at radius 3 is 2.90 bits per heavy atom. The molecule has 4 heterocycles. The molecule has 2 aliphatic rings. The number of piperidine rings is 1. The lowest BCUT2D eigenvalue weighted by molar-refractivity contribution is 0.240. The minimum absolute atomic E-state index is 0.0190. The molecular weight excluding hydrogens is 397 g/mol. The molecule has 1 saturated heterocycles. The van der Waals surface area contributed by atoms with Crippen molar-refractivity contribution >= 4 is 11.5 Å². The van der Waals surface area contributed by atoms with Crippen LogP contribution in [0.15, 0.2) is 18.3 Å². The van der Waals surface area contributed by atoms with Gasteiger partial charge in [-0.25, -0.2) is 27.7 Å². The van der Waals surface area contributed by atoms with E-state index in [-0.39, 0.29) is 47.5 Å². The molecule has 10 heteroatoms. The lowest BCUT2D eigenvalue weighted by Crippen LogP contribution is -2.46. The number of hydrogen-bond acceptors (Lipinski definition) is 6. The number of nitrogens with one attached hydrogen (secondary N) is 2. The summed E-state index contributed by atoms with van der Waals surface area (Å²) in [6.07, 6.45) is 2.02. The maximum absolute atomic E-state index is 14.8. The Kier molecular flexibility index (Phi) is 3.93. The Balaban J connectivity index is 1.55. The van der Waals surface area contributed by atoms with Crippen molar-refractivity contribution < 1.29 is 22.0 Å². The maximum Gasteiger partial charge on any atom is 0.168 e. The van der Waals surface area contributed by atoms with Crippen LogP contribution in [0.2, 0.25) is 0 Å². The number of aromatic nitrogens is 4. The summed E-state index contributed by atoms with van der Waals surface area (Å²) < 4.78 is 72.0. The van der Waals surface area contributed by atoms with Gasteiger partial charge in [-0.3, -0.25) is 0 Å². The van der Waals surface area contributed by atoms with Gasteiger partial charge >= 0.3 is 0 Å². The Morgan fingerprint density at radius 1 is 1.27 bits per heavy atom. The first-order valence-corrected chi connectivity index (χ1v) is 9.75. The van der Waals surface area contributed by atoms with E-state index in [0.29, 0.717) is 18.3 Å². The number of ether oxygens (including phenoxy) is 1. The number of alkyl halides is 1. The highest BCUT2D eigenvalue weighted by Gasteiger charge is 2.30. The monoisotopic (exact) mass is 421 g/mol. The molecule has 0 spiro atoms. The van der Waals surface area contributed by atoms with Gasteiger partial charge in [0.15, 0.2) is 23.1 Å². The standard InChI is InChI=1S/C20H21F3N6O/c1-30-16-7-17-25-9-15(29(17)28-18(16)10-2-3-10)19-12(22)6-13(23)20(27-19)26-14-8-24-5-4-11(14)21/h6-7,9-11,14,24H,2-5,8H2,1H3,(H,26,27)/t11-,14-/m0/s1/i1D3. The first-order chi connectivity index (χ1) is 15.7. The summed E-state index contributed by atoms with van der Waals surface area (Å²) >= 11 is 0. The van der Waals surface area contributed by atoms with Gasteiger partial charge in [0.05, 0.1) is 23.4 Å². The van der Waals surface area contributed by atoms with Gasteiger partial charge in [0.25, 0.3) is 0 Å². The normalized spacial score (nSPS) is 23.6. The van der Waals surface area contributed by atoms with E-state index in [1.165, 1.54) is 16.8 Å². The molecule has 3 aromatic rings. The van der Waals surface area contributed by atoms with Gasteiger partial charge in [0.2, 0.25) is 0 Å². The van der Waals surface area contributed by atoms with E-state index in [0.717, 1.165) is 12.8 Å². The first-order valence-electron chi connectivity index (χ1n) is 11.2. The summed E-state index contributed by atoms with van der Waals surface area (Å²) in [5, 5.41) is 10.2. The summed E-state index contributed by atoms with van der Waals surface area (Å²) in [5.74, 6) is -2.04. The summed E-state index contributed by atoms with van der Waals surface area (Å²) in [6.45, 7) is 0.803. The number of nitrogens with zero attached hydrogens (tertiary/aromatic N) is 4. The fourth-order valence-corrected chi connectivity index (χ4v) is 3.69. The van der Waals surface area contributed by atoms with Gasteiger partial charge in [0, 0.05) is 24.6 Å². The van der Waals surface area contributed by atoms with Crippen molar-refractivity contribution in [3.05, 3.63) is 35.7 Å². The molecule has 0 amide bonds. The van der Waals surface area contributed by atoms with Gasteiger partial charge < -0.3 is 15.4 Å². The van der Waals surface area contributed by atoms with Crippen molar-refractivity contribution in [2.45, 2.75) is 37.4 Å². The van der Waals surface area contributed by atoms with E-state index in [1.54, 1.807) is 0 Å². The van der Waals surface area contributed by atoms with Crippen LogP contribution >= 0.6 is 0 Å². The smallest absolute Gasteiger partial charge is 0.168 e. The average Bonchev–Trinajstić information content (AvgIpc) is 3.50. The molecule has 1 aliphatic carbocycles. The van der Waals surface area contributed by atoms with Crippen molar-refractivity contribution in [3.63, 3.8) is 0 Å². The Labute approximate surface area is 174 Å². The molecule has 0 radical (unpaired) electrons. The van der Waals surface area contributed by atoms with Crippen LogP contribution in [-0.2, 0) is 0 Å². The van der Waals surface area contributed by atoms with Gasteiger partial charge in [-0.2, -0.15) is 5.10 Å². The van der Waals surface area contributed by atoms with E-state index in [9.17, 15) is 13.2 Å². The van der Waals surface area contributed by atoms with Crippen LogP contribution in [0.1, 0.15) is 35.0 Å². The number of imidazole rings is 1. The highest BCUT2D eigenvalue weighted by molar-refractivity contribution is 5.63. The van der Waals surface area contributed by atoms with Crippen LogP contribution in [-0.4, -0.2) is 51.9 Å². The molecule has 0 bridgehead atoms. The number of pyridine rings is 1. The SMILES string of the molecule is [2H]C([2H])([2H])Oc1cc2ncc(-c3nc(N[C@H]4CNCC[C@@H]4F)c(F)cc3F)n2nc1C1CC1. The van der Waals surface area contributed by atoms with Crippen molar-refractivity contribution in [2.24, 2.45) is 0 Å². The number of anilines is 1. The Bertz CT molecular complexity index is 1200. The first kappa shape index (κ1) is 15.9. The molecule has 30 heavy (non-hydrogen) atoms. The third kappa shape index (κ3) is 3.34. The van der Waals surface area contributed by atoms with Crippen molar-refractivity contribution in [3.8, 4) is 17.1 Å². The Morgan fingerprint density at radius 2 is 2.13 bits per heavy atom. The van der Waals surface area contributed by atoms with Gasteiger partial charge in [-0.15, -0.1) is 0 Å². The van der Waals surface area contributed by atoms with Crippen molar-refractivity contribution in [1.82, 2.24) is 24.9 Å². The number of hydrogen-bond donors (Lipinski definition) is 2. The second kappa shape index (κ2) is 7.42. The van der Waals surface area contributed by atoms with Gasteiger partial charge in [0.1, 0.15) is 29.0 Å². The third-order valence-electron chi connectivity index (χ3n) is 5.45. The van der Waals surface area contributed by atoms with Crippen molar-refractivity contribution in [1.29, 1.82) is 0 Å². The zero-order valence-electron chi connectivity index (χ0n) is 18.8. The molecule has 0 unspecified atom stereocenters. The van der Waals surface area contributed by atoms with E-state index >= 15 is 0 Å². The van der Waals surface area contributed by atoms with E-state index in [1.807, 2.05) is 0 Å². The molecule has 5 rings (SSSR count). The van der Waals surface area contributed by atoms with E-state index in [4.69, 9.17) is 8.85 Å². The molecule has 0 aromatic carbocycles. The lowest BCUT2D eigenvalue weighted by Gasteiger charge is -2.28. The highest BCUT2D eigenvalue weighted by Crippen LogP contribution is 2.43. The second-order valence-corrected chi connectivity index (χ2v) is 7.59. The van der Waals surface area contributed by atoms with Crippen LogP contribution in [0.25, 0.3) is 17.0 Å². The van der Waals surface area contributed by atoms with Crippen LogP contribution < -0.4 is 15.4 Å². The fraction of sp³-hybridized carbons (Fsp3) is 0.450. The van der Waals surface area contributed by atoms with Crippen LogP contribution in [0, 0.1) is 11.6 Å². The quantitative estimate of drug-likeness (QED) is 0.660. The van der Waals surface area contributed by atoms with Crippen LogP contribution in [0.5, 0.6) is 5.75 Å². The fourth-order valence-electron chi connectivity index (χ4n) is 3.69. The second-order valence-electron chi connectivity index (χ2n) is 7.59. The number of fused-ring (bicyclic) bond motifs is 1. The number of methoxy groups -OCH3 is 1. The topological polar surface area (TPSA) is 76.4 Å². The summed E-state index contributed by atoms with van der Waals surface area (Å²) in [4.78, 5) is 8.26. The molecule has 3 aromatic heterocycles. The zero-order chi connectivity index (χ0) is 23.3. The van der Waals surface area contributed by atoms with E-state index in [2.05, 4.69) is 25.7 Å². The minimum atomic E-state index is -2.66. The lowest BCUT2D eigenvalue weighted by atomic mass is 10.1. The van der Waals surface area contributed by atoms with Crippen LogP contribution in [0.4, 0.5) is 19.0 Å². The summed E-state index contributed by atoms with van der Waals surface area (Å²) in [5.41, 5.74) is 0.567. The minimum Gasteiger partial charge on any atom is -0.495 e. The summed E-state index contributed by atoms with van der Waals surface area (Å²) in [7, 11) is -2.66. The highest BCUT2D eigenvalue weighted by atomic mass is 19.1. The molecule has 1 saturated carbocycles. The maximum atomic E-state index is 14.8. The predicted octanol–water partition coefficient (Wildman–Crippen LogP) is 3.07. The molecule has 7 nitrogen and oxygen atoms in total. The third-order valence-corrected chi connectivity index (χ3v) is 5.45.